The quantitative estimate of drug-likeness (QED) is 0.679. The van der Waals surface area contributed by atoms with E-state index < -0.39 is 34.1 Å². The number of nitro benzene ring substituents is 1. The van der Waals surface area contributed by atoms with Crippen LogP contribution in [-0.2, 0) is 6.18 Å². The molecule has 0 aliphatic carbocycles. The molecule has 2 aromatic rings. The summed E-state index contributed by atoms with van der Waals surface area (Å²) in [6.07, 6.45) is -4.88. The number of hydrogen-bond acceptors (Lipinski definition) is 5. The molecule has 1 aromatic carbocycles. The lowest BCUT2D eigenvalue weighted by Gasteiger charge is -2.12. The lowest BCUT2D eigenvalue weighted by atomic mass is 10.1. The van der Waals surface area contributed by atoms with Crippen LogP contribution in [0.15, 0.2) is 18.2 Å². The second-order valence-electron chi connectivity index (χ2n) is 4.80. The molecule has 1 aromatic heterocycles. The largest absolute Gasteiger partial charge is 0.437 e. The van der Waals surface area contributed by atoms with Crippen molar-refractivity contribution >= 4 is 11.7 Å². The van der Waals surface area contributed by atoms with Crippen LogP contribution in [-0.4, -0.2) is 20.7 Å². The summed E-state index contributed by atoms with van der Waals surface area (Å²) in [5.74, 6) is -0.934. The number of aromatic nitrogens is 2. The maximum atomic E-state index is 13.1. The Morgan fingerprint density at radius 1 is 1.38 bits per heavy atom. The Morgan fingerprint density at radius 2 is 2.00 bits per heavy atom. The summed E-state index contributed by atoms with van der Waals surface area (Å²) in [6.45, 7) is 2.97. The maximum absolute atomic E-state index is 13.1. The molecule has 0 fully saturated rings. The van der Waals surface area contributed by atoms with E-state index in [1.807, 2.05) is 0 Å². The van der Waals surface area contributed by atoms with Gasteiger partial charge in [0, 0.05) is 17.7 Å². The zero-order valence-corrected chi connectivity index (χ0v) is 12.4. The van der Waals surface area contributed by atoms with Crippen molar-refractivity contribution in [2.75, 3.05) is 0 Å². The van der Waals surface area contributed by atoms with Crippen LogP contribution in [0, 0.1) is 24.0 Å². The Hall–Kier alpha value is -3.11. The number of benzene rings is 1. The molecule has 0 atom stereocenters. The van der Waals surface area contributed by atoms with E-state index >= 15 is 0 Å². The lowest BCUT2D eigenvalue weighted by molar-refractivity contribution is -0.385. The van der Waals surface area contributed by atoms with E-state index in [1.54, 1.807) is 0 Å². The van der Waals surface area contributed by atoms with Crippen molar-refractivity contribution in [2.45, 2.75) is 20.0 Å². The van der Waals surface area contributed by atoms with Gasteiger partial charge in [-0.15, -0.1) is 5.10 Å². The Kier molecular flexibility index (Phi) is 4.19. The van der Waals surface area contributed by atoms with Crippen LogP contribution in [0.25, 0.3) is 0 Å². The summed E-state index contributed by atoms with van der Waals surface area (Å²) in [5.41, 5.74) is 3.64. The van der Waals surface area contributed by atoms with E-state index in [0.29, 0.717) is 17.3 Å². The molecule has 0 spiro atoms. The van der Waals surface area contributed by atoms with Crippen LogP contribution >= 0.6 is 0 Å². The molecular weight excluding hydrogens is 333 g/mol. The molecule has 24 heavy (non-hydrogen) atoms. The number of nitrogens with two attached hydrogens (primary N) is 1. The molecule has 2 rings (SSSR count). The van der Waals surface area contributed by atoms with Crippen LogP contribution in [0.2, 0.25) is 0 Å². The summed E-state index contributed by atoms with van der Waals surface area (Å²) in [4.78, 5) is 20.9. The van der Waals surface area contributed by atoms with Gasteiger partial charge in [0.15, 0.2) is 0 Å². The highest BCUT2D eigenvalue weighted by molar-refractivity contribution is 5.75. The van der Waals surface area contributed by atoms with Crippen molar-refractivity contribution in [3.05, 3.63) is 45.1 Å². The zero-order valence-electron chi connectivity index (χ0n) is 12.4. The highest BCUT2D eigenvalue weighted by Gasteiger charge is 2.36. The van der Waals surface area contributed by atoms with Gasteiger partial charge in [-0.3, -0.25) is 10.1 Å². The molecule has 0 radical (unpaired) electrons. The molecule has 2 N–H and O–H groups in total. The summed E-state index contributed by atoms with van der Waals surface area (Å²) in [7, 11) is 0. The van der Waals surface area contributed by atoms with Crippen molar-refractivity contribution in [2.24, 2.45) is 5.73 Å². The number of amides is 1. The molecule has 1 heterocycles. The Labute approximate surface area is 132 Å². The van der Waals surface area contributed by atoms with E-state index in [2.05, 4.69) is 5.10 Å². The summed E-state index contributed by atoms with van der Waals surface area (Å²) in [5, 5.41) is 14.4. The van der Waals surface area contributed by atoms with Crippen molar-refractivity contribution in [3.8, 4) is 11.6 Å². The number of halogens is 3. The molecule has 128 valence electrons. The first-order valence-corrected chi connectivity index (χ1v) is 6.42. The van der Waals surface area contributed by atoms with Crippen molar-refractivity contribution < 1.29 is 27.6 Å². The third-order valence-electron chi connectivity index (χ3n) is 3.27. The SMILES string of the molecule is Cc1c(Oc2ccc([N+](=O)[O-])cc2C(F)(F)F)nn(C(N)=O)c1C. The van der Waals surface area contributed by atoms with Gasteiger partial charge in [-0.25, -0.2) is 4.79 Å². The van der Waals surface area contributed by atoms with Gasteiger partial charge < -0.3 is 10.5 Å². The van der Waals surface area contributed by atoms with E-state index in [-0.39, 0.29) is 5.88 Å². The van der Waals surface area contributed by atoms with Crippen molar-refractivity contribution in [1.82, 2.24) is 9.78 Å². The van der Waals surface area contributed by atoms with E-state index in [0.717, 1.165) is 16.8 Å². The number of non-ortho nitro benzene ring substituents is 1. The minimum Gasteiger partial charge on any atom is -0.437 e. The summed E-state index contributed by atoms with van der Waals surface area (Å²) >= 11 is 0. The number of nitrogens with zero attached hydrogens (tertiary/aromatic N) is 3. The predicted octanol–water partition coefficient (Wildman–Crippen LogP) is 3.15. The number of nitro groups is 1. The van der Waals surface area contributed by atoms with Crippen molar-refractivity contribution in [3.63, 3.8) is 0 Å². The topological polar surface area (TPSA) is 113 Å². The summed E-state index contributed by atoms with van der Waals surface area (Å²) < 4.78 is 45.2. The fourth-order valence-corrected chi connectivity index (χ4v) is 1.91. The lowest BCUT2D eigenvalue weighted by Crippen LogP contribution is -2.22. The van der Waals surface area contributed by atoms with Gasteiger partial charge in [0.05, 0.1) is 10.6 Å². The van der Waals surface area contributed by atoms with Gasteiger partial charge in [-0.1, -0.05) is 0 Å². The number of carbonyl (C=O) groups is 1. The third kappa shape index (κ3) is 3.14. The zero-order chi connectivity index (χ0) is 18.2. The maximum Gasteiger partial charge on any atom is 0.420 e. The molecule has 11 heteroatoms. The monoisotopic (exact) mass is 344 g/mol. The van der Waals surface area contributed by atoms with Gasteiger partial charge in [-0.2, -0.15) is 17.9 Å². The van der Waals surface area contributed by atoms with Crippen LogP contribution in [0.3, 0.4) is 0 Å². The number of alkyl halides is 3. The van der Waals surface area contributed by atoms with Gasteiger partial charge in [0.2, 0.25) is 5.88 Å². The average molecular weight is 344 g/mol. The summed E-state index contributed by atoms with van der Waals surface area (Å²) in [6, 6.07) is 1.13. The molecule has 0 bridgehead atoms. The van der Waals surface area contributed by atoms with E-state index in [4.69, 9.17) is 10.5 Å². The molecule has 0 unspecified atom stereocenters. The first-order chi connectivity index (χ1) is 11.0. The van der Waals surface area contributed by atoms with E-state index in [9.17, 15) is 28.1 Å². The highest BCUT2D eigenvalue weighted by Crippen LogP contribution is 2.40. The number of carbonyl (C=O) groups excluding carboxylic acids is 1. The average Bonchev–Trinajstić information content (AvgIpc) is 2.75. The number of ether oxygens (including phenoxy) is 1. The smallest absolute Gasteiger partial charge is 0.420 e. The van der Waals surface area contributed by atoms with Crippen LogP contribution < -0.4 is 10.5 Å². The van der Waals surface area contributed by atoms with Crippen LogP contribution in [0.5, 0.6) is 11.6 Å². The molecule has 0 saturated heterocycles. The first kappa shape index (κ1) is 17.2. The minimum atomic E-state index is -4.88. The van der Waals surface area contributed by atoms with Gasteiger partial charge in [0.1, 0.15) is 11.3 Å². The first-order valence-electron chi connectivity index (χ1n) is 6.42. The number of primary amides is 1. The Balaban J connectivity index is 2.52. The third-order valence-corrected chi connectivity index (χ3v) is 3.27. The van der Waals surface area contributed by atoms with Gasteiger partial charge in [0.25, 0.3) is 5.69 Å². The Bertz CT molecular complexity index is 829. The van der Waals surface area contributed by atoms with E-state index in [1.165, 1.54) is 13.8 Å². The fraction of sp³-hybridized carbons (Fsp3) is 0.231. The second-order valence-corrected chi connectivity index (χ2v) is 4.80. The van der Waals surface area contributed by atoms with Crippen molar-refractivity contribution in [1.29, 1.82) is 0 Å². The molecule has 1 amide bonds. The second kappa shape index (κ2) is 5.83. The predicted molar refractivity (Wildman–Crippen MR) is 74.9 cm³/mol. The molecule has 8 nitrogen and oxygen atoms in total. The molecular formula is C13H11F3N4O4. The molecule has 0 aliphatic heterocycles. The fourth-order valence-electron chi connectivity index (χ4n) is 1.91. The normalized spacial score (nSPS) is 11.4. The number of rotatable bonds is 3. The minimum absolute atomic E-state index is 0.259. The standard InChI is InChI=1S/C13H11F3N4O4/c1-6-7(2)19(12(17)21)18-11(6)24-10-4-3-8(20(22)23)5-9(10)13(14,15)16/h3-5H,1-2H3,(H2,17,21). The highest BCUT2D eigenvalue weighted by atomic mass is 19.4. The van der Waals surface area contributed by atoms with Gasteiger partial charge in [-0.05, 0) is 19.9 Å². The number of hydrogen-bond donors (Lipinski definition) is 1. The van der Waals surface area contributed by atoms with Gasteiger partial charge >= 0.3 is 12.2 Å². The molecule has 0 saturated carbocycles. The molecule has 0 aliphatic rings. The Morgan fingerprint density at radius 3 is 2.46 bits per heavy atom. The van der Waals surface area contributed by atoms with Crippen LogP contribution in [0.4, 0.5) is 23.7 Å². The van der Waals surface area contributed by atoms with Crippen LogP contribution in [0.1, 0.15) is 16.8 Å².